The average molecular weight is 430 g/mol. The lowest BCUT2D eigenvalue weighted by Gasteiger charge is -2.19. The molecule has 3 heterocycles. The summed E-state index contributed by atoms with van der Waals surface area (Å²) in [6.07, 6.45) is 4.03. The molecule has 5 rings (SSSR count). The predicted molar refractivity (Wildman–Crippen MR) is 123 cm³/mol. The first-order valence-corrected chi connectivity index (χ1v) is 10.4. The summed E-state index contributed by atoms with van der Waals surface area (Å²) in [5, 5.41) is 6.50. The molecule has 0 saturated carbocycles. The maximum absolute atomic E-state index is 12.2. The largest absolute Gasteiger partial charge is 0.417 e. The van der Waals surface area contributed by atoms with Gasteiger partial charge in [0.2, 0.25) is 11.9 Å². The zero-order chi connectivity index (χ0) is 22.2. The van der Waals surface area contributed by atoms with Gasteiger partial charge in [0.25, 0.3) is 0 Å². The van der Waals surface area contributed by atoms with Gasteiger partial charge < -0.3 is 20.0 Å². The van der Waals surface area contributed by atoms with E-state index in [0.717, 1.165) is 41.0 Å². The van der Waals surface area contributed by atoms with Crippen LogP contribution in [0.25, 0.3) is 11.1 Å². The third-order valence-corrected chi connectivity index (χ3v) is 5.57. The molecule has 1 amide bonds. The van der Waals surface area contributed by atoms with Gasteiger partial charge in [-0.3, -0.25) is 9.78 Å². The lowest BCUT2D eigenvalue weighted by atomic mass is 10.1. The quantitative estimate of drug-likeness (QED) is 0.448. The van der Waals surface area contributed by atoms with Crippen molar-refractivity contribution in [2.45, 2.75) is 26.2 Å². The van der Waals surface area contributed by atoms with Crippen molar-refractivity contribution < 1.29 is 9.21 Å². The second-order valence-electron chi connectivity index (χ2n) is 7.85. The molecule has 2 aromatic heterocycles. The van der Waals surface area contributed by atoms with Crippen molar-refractivity contribution in [2.24, 2.45) is 0 Å². The summed E-state index contributed by atoms with van der Waals surface area (Å²) in [7, 11) is 1.81. The fourth-order valence-corrected chi connectivity index (χ4v) is 3.82. The Morgan fingerprint density at radius 1 is 1.06 bits per heavy atom. The van der Waals surface area contributed by atoms with Crippen LogP contribution in [0.5, 0.6) is 0 Å². The number of carbonyl (C=O) groups excluding carboxylic acids is 1. The number of amides is 1. The standard InChI is InChI=1S/C23H22N6O3/c1-13-12-24-22(26-16-7-6-14-4-3-5-20(30)29(2)18(14)11-16)28-21(13)25-15-8-9-19-17(10-15)27-23(31)32-19/h6-12H,3-5H2,1-2H3,(H,27,31)(H2,24,25,26,28). The number of H-pyrrole nitrogens is 1. The first-order chi connectivity index (χ1) is 15.5. The molecule has 0 bridgehead atoms. The van der Waals surface area contributed by atoms with Gasteiger partial charge >= 0.3 is 5.76 Å². The summed E-state index contributed by atoms with van der Waals surface area (Å²) in [4.78, 5) is 37.0. The smallest absolute Gasteiger partial charge is 0.408 e. The number of hydrogen-bond acceptors (Lipinski definition) is 7. The second kappa shape index (κ2) is 7.84. The molecule has 0 saturated heterocycles. The first-order valence-electron chi connectivity index (χ1n) is 10.4. The minimum Gasteiger partial charge on any atom is -0.408 e. The highest BCUT2D eigenvalue weighted by molar-refractivity contribution is 5.95. The highest BCUT2D eigenvalue weighted by Crippen LogP contribution is 2.30. The number of rotatable bonds is 4. The number of aryl methyl sites for hydroxylation is 2. The Labute approximate surface area is 183 Å². The predicted octanol–water partition coefficient (Wildman–Crippen LogP) is 4.01. The van der Waals surface area contributed by atoms with Crippen LogP contribution >= 0.6 is 0 Å². The molecular weight excluding hydrogens is 408 g/mol. The first kappa shape index (κ1) is 19.8. The van der Waals surface area contributed by atoms with Gasteiger partial charge in [0.15, 0.2) is 5.58 Å². The van der Waals surface area contributed by atoms with E-state index in [1.54, 1.807) is 23.2 Å². The molecule has 2 aromatic carbocycles. The molecular formula is C23H22N6O3. The van der Waals surface area contributed by atoms with E-state index < -0.39 is 5.76 Å². The van der Waals surface area contributed by atoms with E-state index in [1.165, 1.54) is 0 Å². The van der Waals surface area contributed by atoms with Crippen molar-refractivity contribution >= 4 is 45.8 Å². The van der Waals surface area contributed by atoms with Gasteiger partial charge in [0, 0.05) is 42.3 Å². The molecule has 1 aliphatic rings. The Morgan fingerprint density at radius 3 is 2.75 bits per heavy atom. The number of nitrogens with zero attached hydrogens (tertiary/aromatic N) is 3. The SMILES string of the molecule is Cc1cnc(Nc2ccc3c(c2)N(C)C(=O)CCC3)nc1Nc1ccc2oc(=O)[nH]c2c1. The van der Waals surface area contributed by atoms with Gasteiger partial charge in [-0.05, 0) is 55.7 Å². The van der Waals surface area contributed by atoms with Crippen molar-refractivity contribution in [3.05, 3.63) is 64.3 Å². The van der Waals surface area contributed by atoms with Crippen LogP contribution in [-0.2, 0) is 11.2 Å². The number of hydrogen-bond donors (Lipinski definition) is 3. The summed E-state index contributed by atoms with van der Waals surface area (Å²) in [5.41, 5.74) is 5.59. The highest BCUT2D eigenvalue weighted by atomic mass is 16.4. The van der Waals surface area contributed by atoms with Crippen molar-refractivity contribution in [2.75, 3.05) is 22.6 Å². The molecule has 0 radical (unpaired) electrons. The highest BCUT2D eigenvalue weighted by Gasteiger charge is 2.19. The van der Waals surface area contributed by atoms with Crippen LogP contribution < -0.4 is 21.3 Å². The fourth-order valence-electron chi connectivity index (χ4n) is 3.82. The van der Waals surface area contributed by atoms with Gasteiger partial charge in [-0.1, -0.05) is 6.07 Å². The molecule has 162 valence electrons. The van der Waals surface area contributed by atoms with Gasteiger partial charge in [0.05, 0.1) is 5.52 Å². The van der Waals surface area contributed by atoms with Crippen molar-refractivity contribution in [3.63, 3.8) is 0 Å². The maximum atomic E-state index is 12.2. The average Bonchev–Trinajstić information content (AvgIpc) is 3.08. The van der Waals surface area contributed by atoms with E-state index in [-0.39, 0.29) is 5.91 Å². The summed E-state index contributed by atoms with van der Waals surface area (Å²) in [6, 6.07) is 11.3. The Kier molecular flexibility index (Phi) is 4.85. The maximum Gasteiger partial charge on any atom is 0.417 e. The zero-order valence-corrected chi connectivity index (χ0v) is 17.7. The number of benzene rings is 2. The Morgan fingerprint density at radius 2 is 1.88 bits per heavy atom. The summed E-state index contributed by atoms with van der Waals surface area (Å²) in [5.74, 6) is 0.693. The van der Waals surface area contributed by atoms with Crippen LogP contribution in [0.3, 0.4) is 0 Å². The van der Waals surface area contributed by atoms with E-state index in [9.17, 15) is 9.59 Å². The van der Waals surface area contributed by atoms with Crippen LogP contribution in [0.2, 0.25) is 0 Å². The lowest BCUT2D eigenvalue weighted by Crippen LogP contribution is -2.25. The third kappa shape index (κ3) is 3.80. The number of carbonyl (C=O) groups is 1. The zero-order valence-electron chi connectivity index (χ0n) is 17.7. The number of anilines is 5. The van der Waals surface area contributed by atoms with E-state index in [1.807, 2.05) is 38.2 Å². The normalized spacial score (nSPS) is 13.7. The molecule has 1 aliphatic heterocycles. The minimum atomic E-state index is -0.491. The molecule has 0 fully saturated rings. The van der Waals surface area contributed by atoms with Crippen LogP contribution in [0, 0.1) is 6.92 Å². The number of aromatic amines is 1. The van der Waals surface area contributed by atoms with E-state index in [0.29, 0.717) is 29.3 Å². The molecule has 4 aromatic rings. The monoisotopic (exact) mass is 430 g/mol. The molecule has 0 atom stereocenters. The minimum absolute atomic E-state index is 0.120. The molecule has 9 heteroatoms. The van der Waals surface area contributed by atoms with Crippen molar-refractivity contribution in [3.8, 4) is 0 Å². The summed E-state index contributed by atoms with van der Waals surface area (Å²) in [6.45, 7) is 1.91. The molecule has 32 heavy (non-hydrogen) atoms. The summed E-state index contributed by atoms with van der Waals surface area (Å²) >= 11 is 0. The molecule has 3 N–H and O–H groups in total. The Hall–Kier alpha value is -4.14. The van der Waals surface area contributed by atoms with Crippen LogP contribution in [-0.4, -0.2) is 27.9 Å². The van der Waals surface area contributed by atoms with Crippen molar-refractivity contribution in [1.29, 1.82) is 0 Å². The summed E-state index contributed by atoms with van der Waals surface area (Å²) < 4.78 is 5.04. The van der Waals surface area contributed by atoms with Crippen molar-refractivity contribution in [1.82, 2.24) is 15.0 Å². The fraction of sp³-hybridized carbons (Fsp3) is 0.217. The van der Waals surface area contributed by atoms with Gasteiger partial charge in [0.1, 0.15) is 5.82 Å². The Balaban J connectivity index is 1.40. The second-order valence-corrected chi connectivity index (χ2v) is 7.85. The third-order valence-electron chi connectivity index (χ3n) is 5.57. The lowest BCUT2D eigenvalue weighted by molar-refractivity contribution is -0.118. The number of fused-ring (bicyclic) bond motifs is 2. The number of aromatic nitrogens is 3. The molecule has 0 spiro atoms. The van der Waals surface area contributed by atoms with Crippen LogP contribution in [0.1, 0.15) is 24.0 Å². The number of nitrogens with one attached hydrogen (secondary N) is 3. The molecule has 0 aliphatic carbocycles. The van der Waals surface area contributed by atoms with Crippen LogP contribution in [0.4, 0.5) is 28.8 Å². The van der Waals surface area contributed by atoms with E-state index in [4.69, 9.17) is 4.42 Å². The molecule has 0 unspecified atom stereocenters. The van der Waals surface area contributed by atoms with E-state index >= 15 is 0 Å². The topological polar surface area (TPSA) is 116 Å². The van der Waals surface area contributed by atoms with Gasteiger partial charge in [-0.25, -0.2) is 9.78 Å². The Bertz CT molecular complexity index is 1390. The number of oxazole rings is 1. The molecule has 9 nitrogen and oxygen atoms in total. The van der Waals surface area contributed by atoms with Gasteiger partial charge in [-0.2, -0.15) is 4.98 Å². The van der Waals surface area contributed by atoms with Gasteiger partial charge in [-0.15, -0.1) is 0 Å². The van der Waals surface area contributed by atoms with E-state index in [2.05, 4.69) is 25.6 Å². The van der Waals surface area contributed by atoms with Crippen LogP contribution in [0.15, 0.2) is 51.8 Å².